The molecule has 2 N–H and O–H groups in total. The van der Waals surface area contributed by atoms with Crippen molar-refractivity contribution in [3.63, 3.8) is 0 Å². The maximum Gasteiger partial charge on any atom is 0.323 e. The first-order chi connectivity index (χ1) is 10.1. The highest BCUT2D eigenvalue weighted by Crippen LogP contribution is 2.21. The van der Waals surface area contributed by atoms with Gasteiger partial charge in [0.2, 0.25) is 11.9 Å². The smallest absolute Gasteiger partial charge is 0.323 e. The van der Waals surface area contributed by atoms with Gasteiger partial charge >= 0.3 is 6.01 Å². The summed E-state index contributed by atoms with van der Waals surface area (Å²) in [5, 5.41) is 6.36. The van der Waals surface area contributed by atoms with Crippen LogP contribution in [0.5, 0.6) is 6.01 Å². The van der Waals surface area contributed by atoms with Crippen molar-refractivity contribution in [2.24, 2.45) is 5.92 Å². The molecule has 1 aliphatic rings. The molecule has 2 rings (SSSR count). The number of aromatic nitrogens is 3. The van der Waals surface area contributed by atoms with E-state index in [2.05, 4.69) is 32.5 Å². The number of hydrogen-bond donors (Lipinski definition) is 2. The first kappa shape index (κ1) is 15.8. The number of hydrogen-bond acceptors (Lipinski definition) is 7. The number of ether oxygens (including phenoxy) is 2. The Kier molecular flexibility index (Phi) is 5.55. The van der Waals surface area contributed by atoms with E-state index in [1.165, 1.54) is 0 Å². The second kappa shape index (κ2) is 7.40. The van der Waals surface area contributed by atoms with Crippen molar-refractivity contribution in [2.75, 3.05) is 30.3 Å². The summed E-state index contributed by atoms with van der Waals surface area (Å²) < 4.78 is 11.1. The van der Waals surface area contributed by atoms with Crippen LogP contribution in [-0.4, -0.2) is 46.9 Å². The van der Waals surface area contributed by atoms with Crippen molar-refractivity contribution in [1.82, 2.24) is 15.0 Å². The molecule has 1 saturated heterocycles. The summed E-state index contributed by atoms with van der Waals surface area (Å²) in [6, 6.07) is 0.342. The Morgan fingerprint density at radius 2 is 1.95 bits per heavy atom. The second-order valence-electron chi connectivity index (χ2n) is 5.47. The van der Waals surface area contributed by atoms with Gasteiger partial charge in [0.05, 0.1) is 12.2 Å². The minimum absolute atomic E-state index is 0.0259. The van der Waals surface area contributed by atoms with E-state index in [1.54, 1.807) is 0 Å². The van der Waals surface area contributed by atoms with E-state index in [0.29, 0.717) is 23.8 Å². The maximum absolute atomic E-state index is 5.57. The van der Waals surface area contributed by atoms with Crippen LogP contribution in [0.3, 0.4) is 0 Å². The molecule has 2 heterocycles. The molecule has 2 unspecified atom stereocenters. The minimum atomic E-state index is 0.0259. The van der Waals surface area contributed by atoms with E-state index in [9.17, 15) is 0 Å². The van der Waals surface area contributed by atoms with Gasteiger partial charge in [0.1, 0.15) is 0 Å². The van der Waals surface area contributed by atoms with Gasteiger partial charge in [-0.3, -0.25) is 0 Å². The van der Waals surface area contributed by atoms with Crippen molar-refractivity contribution in [2.45, 2.75) is 46.3 Å². The molecule has 0 amide bonds. The average Bonchev–Trinajstić information content (AvgIpc) is 2.81. The molecule has 1 aliphatic heterocycles. The molecule has 0 aromatic carbocycles. The lowest BCUT2D eigenvalue weighted by molar-refractivity contribution is 0.108. The van der Waals surface area contributed by atoms with Crippen molar-refractivity contribution < 1.29 is 9.47 Å². The Hall–Kier alpha value is -1.63. The molecule has 0 saturated carbocycles. The minimum Gasteiger partial charge on any atom is -0.461 e. The van der Waals surface area contributed by atoms with Gasteiger partial charge in [-0.15, -0.1) is 0 Å². The average molecular weight is 295 g/mol. The standard InChI is InChI=1S/C14H25N5O2/c1-5-15-12-17-13(19-14(18-12)21-9(2)3)16-8-11-6-7-20-10(11)4/h9-11H,5-8H2,1-4H3,(H2,15,16,17,18,19). The van der Waals surface area contributed by atoms with E-state index >= 15 is 0 Å². The van der Waals surface area contributed by atoms with Gasteiger partial charge in [-0.2, -0.15) is 15.0 Å². The summed E-state index contributed by atoms with van der Waals surface area (Å²) in [6.07, 6.45) is 1.37. The molecule has 0 radical (unpaired) electrons. The van der Waals surface area contributed by atoms with Crippen LogP contribution in [0.4, 0.5) is 11.9 Å². The zero-order valence-corrected chi connectivity index (χ0v) is 13.2. The lowest BCUT2D eigenvalue weighted by Gasteiger charge is -2.16. The Bertz CT molecular complexity index is 455. The SMILES string of the molecule is CCNc1nc(NCC2CCOC2C)nc(OC(C)C)n1. The topological polar surface area (TPSA) is 81.2 Å². The van der Waals surface area contributed by atoms with Gasteiger partial charge in [-0.1, -0.05) is 0 Å². The molecule has 7 nitrogen and oxygen atoms in total. The second-order valence-corrected chi connectivity index (χ2v) is 5.47. The van der Waals surface area contributed by atoms with Crippen LogP contribution in [0.2, 0.25) is 0 Å². The molecule has 0 bridgehead atoms. The van der Waals surface area contributed by atoms with E-state index < -0.39 is 0 Å². The Morgan fingerprint density at radius 1 is 1.24 bits per heavy atom. The highest BCUT2D eigenvalue weighted by Gasteiger charge is 2.24. The van der Waals surface area contributed by atoms with Crippen LogP contribution in [0.25, 0.3) is 0 Å². The van der Waals surface area contributed by atoms with Gasteiger partial charge in [-0.25, -0.2) is 0 Å². The maximum atomic E-state index is 5.57. The van der Waals surface area contributed by atoms with Gasteiger partial charge in [0, 0.05) is 25.6 Å². The molecule has 7 heteroatoms. The Balaban J connectivity index is 2.03. The predicted octanol–water partition coefficient (Wildman–Crippen LogP) is 1.93. The number of nitrogens with one attached hydrogen (secondary N) is 2. The monoisotopic (exact) mass is 295 g/mol. The first-order valence-electron chi connectivity index (χ1n) is 7.60. The fraction of sp³-hybridized carbons (Fsp3) is 0.786. The third-order valence-electron chi connectivity index (χ3n) is 3.35. The van der Waals surface area contributed by atoms with Crippen LogP contribution in [0.1, 0.15) is 34.1 Å². The van der Waals surface area contributed by atoms with Gasteiger partial charge < -0.3 is 20.1 Å². The molecule has 21 heavy (non-hydrogen) atoms. The van der Waals surface area contributed by atoms with E-state index in [1.807, 2.05) is 20.8 Å². The molecule has 1 fully saturated rings. The summed E-state index contributed by atoms with van der Waals surface area (Å²) >= 11 is 0. The molecule has 1 aromatic rings. The predicted molar refractivity (Wildman–Crippen MR) is 81.8 cm³/mol. The zero-order valence-electron chi connectivity index (χ0n) is 13.2. The summed E-state index contributed by atoms with van der Waals surface area (Å²) in [5.74, 6) is 1.55. The highest BCUT2D eigenvalue weighted by molar-refractivity contribution is 5.35. The van der Waals surface area contributed by atoms with Gasteiger partial charge in [0.25, 0.3) is 0 Å². The van der Waals surface area contributed by atoms with Crippen molar-refractivity contribution >= 4 is 11.9 Å². The molecule has 1 aromatic heterocycles. The number of anilines is 2. The van der Waals surface area contributed by atoms with Crippen LogP contribution in [0.15, 0.2) is 0 Å². The largest absolute Gasteiger partial charge is 0.461 e. The molecular formula is C14H25N5O2. The fourth-order valence-corrected chi connectivity index (χ4v) is 2.20. The fourth-order valence-electron chi connectivity index (χ4n) is 2.20. The Labute approximate surface area is 125 Å². The summed E-state index contributed by atoms with van der Waals surface area (Å²) in [6.45, 7) is 10.4. The molecule has 118 valence electrons. The van der Waals surface area contributed by atoms with Crippen molar-refractivity contribution in [3.05, 3.63) is 0 Å². The first-order valence-corrected chi connectivity index (χ1v) is 7.60. The Morgan fingerprint density at radius 3 is 2.52 bits per heavy atom. The summed E-state index contributed by atoms with van der Waals surface area (Å²) in [7, 11) is 0. The van der Waals surface area contributed by atoms with Crippen molar-refractivity contribution in [1.29, 1.82) is 0 Å². The van der Waals surface area contributed by atoms with E-state index in [4.69, 9.17) is 9.47 Å². The van der Waals surface area contributed by atoms with E-state index in [0.717, 1.165) is 26.1 Å². The van der Waals surface area contributed by atoms with Crippen LogP contribution < -0.4 is 15.4 Å². The molecule has 0 aliphatic carbocycles. The molecular weight excluding hydrogens is 270 g/mol. The van der Waals surface area contributed by atoms with Crippen LogP contribution >= 0.6 is 0 Å². The van der Waals surface area contributed by atoms with Gasteiger partial charge in [0.15, 0.2) is 0 Å². The van der Waals surface area contributed by atoms with Crippen LogP contribution in [0, 0.1) is 5.92 Å². The lowest BCUT2D eigenvalue weighted by atomic mass is 10.0. The zero-order chi connectivity index (χ0) is 15.2. The van der Waals surface area contributed by atoms with E-state index in [-0.39, 0.29) is 12.2 Å². The third-order valence-corrected chi connectivity index (χ3v) is 3.35. The van der Waals surface area contributed by atoms with Crippen LogP contribution in [-0.2, 0) is 4.74 Å². The quantitative estimate of drug-likeness (QED) is 0.795. The number of nitrogens with zero attached hydrogens (tertiary/aromatic N) is 3. The highest BCUT2D eigenvalue weighted by atomic mass is 16.5. The molecule has 2 atom stereocenters. The third kappa shape index (κ3) is 4.70. The normalized spacial score (nSPS) is 21.6. The number of rotatable bonds is 7. The van der Waals surface area contributed by atoms with Gasteiger partial charge in [-0.05, 0) is 34.1 Å². The summed E-state index contributed by atoms with van der Waals surface area (Å²) in [5.41, 5.74) is 0. The lowest BCUT2D eigenvalue weighted by Crippen LogP contribution is -2.22. The summed E-state index contributed by atoms with van der Waals surface area (Å²) in [4.78, 5) is 12.9. The molecule has 0 spiro atoms. The van der Waals surface area contributed by atoms with Crippen molar-refractivity contribution in [3.8, 4) is 6.01 Å².